The minimum Gasteiger partial charge on any atom is -0.759 e. The van der Waals surface area contributed by atoms with Crippen LogP contribution in [0.25, 0.3) is 0 Å². The summed E-state index contributed by atoms with van der Waals surface area (Å²) in [5.74, 6) is -0.262. The van der Waals surface area contributed by atoms with E-state index >= 15 is 0 Å². The van der Waals surface area contributed by atoms with E-state index in [1.807, 2.05) is 24.3 Å². The average Bonchev–Trinajstić information content (AvgIpc) is 3.08. The molecule has 0 N–H and O–H groups in total. The van der Waals surface area contributed by atoms with E-state index in [2.05, 4.69) is 16.3 Å². The fourth-order valence-electron chi connectivity index (χ4n) is 2.77. The van der Waals surface area contributed by atoms with Gasteiger partial charge in [-0.05, 0) is 35.1 Å². The molecule has 16 heteroatoms. The third-order valence-corrected chi connectivity index (χ3v) is 5.19. The number of benzene rings is 1. The van der Waals surface area contributed by atoms with Gasteiger partial charge < -0.3 is 22.9 Å². The number of ether oxygens (including phenoxy) is 1. The van der Waals surface area contributed by atoms with Crippen LogP contribution in [-0.2, 0) is 43.3 Å². The number of carbonyl (C=O) groups excluding carboxylic acids is 1. The Balaban J connectivity index is 0.000000740. The standard InChI is InChI=1S/C16H16ClNO2S.Na.2H2O4S/c1-20-16(19)15(12-4-2-3-5-13(12)17)18-8-6-14-11(10-18)7-9-21-14;;2*1-5(2,3)4/h2-5,7,9,15H,6,8,10H2,1H3;;2*(H2,1,2,3,4)/q;+1;;/p-4/t15-;;;/m0.../s1. The van der Waals surface area contributed by atoms with E-state index in [0.29, 0.717) is 5.02 Å². The average molecular weight is 537 g/mol. The van der Waals surface area contributed by atoms with Crippen molar-refractivity contribution in [3.05, 3.63) is 56.7 Å². The normalized spacial score (nSPS) is 14.3. The van der Waals surface area contributed by atoms with Crippen LogP contribution in [0.15, 0.2) is 35.7 Å². The Morgan fingerprint density at radius 3 is 2.12 bits per heavy atom. The summed E-state index contributed by atoms with van der Waals surface area (Å²) in [4.78, 5) is 15.8. The third-order valence-electron chi connectivity index (χ3n) is 3.83. The smallest absolute Gasteiger partial charge is 0.759 e. The molecule has 0 amide bonds. The Hall–Kier alpha value is -0.620. The fraction of sp³-hybridized carbons (Fsp3) is 0.312. The van der Waals surface area contributed by atoms with Crippen molar-refractivity contribution in [3.63, 3.8) is 0 Å². The first-order chi connectivity index (χ1) is 14.2. The van der Waals surface area contributed by atoms with Gasteiger partial charge in [0.2, 0.25) is 0 Å². The van der Waals surface area contributed by atoms with Gasteiger partial charge in [-0.25, -0.2) is 4.79 Å². The number of rotatable bonds is 3. The van der Waals surface area contributed by atoms with Gasteiger partial charge in [0.15, 0.2) is 0 Å². The van der Waals surface area contributed by atoms with Gasteiger partial charge in [0.1, 0.15) is 6.04 Å². The Labute approximate surface area is 216 Å². The van der Waals surface area contributed by atoms with Crippen LogP contribution in [-0.4, -0.2) is 59.6 Å². The summed E-state index contributed by atoms with van der Waals surface area (Å²) in [6.07, 6.45) is 0.963. The summed E-state index contributed by atoms with van der Waals surface area (Å²) in [7, 11) is -8.91. The zero-order valence-electron chi connectivity index (χ0n) is 16.8. The van der Waals surface area contributed by atoms with Crippen molar-refractivity contribution in [2.24, 2.45) is 0 Å². The van der Waals surface area contributed by atoms with Gasteiger partial charge in [-0.15, -0.1) is 11.3 Å². The van der Waals surface area contributed by atoms with Crippen molar-refractivity contribution >= 4 is 49.7 Å². The molecule has 32 heavy (non-hydrogen) atoms. The first kappa shape index (κ1) is 31.4. The SMILES string of the molecule is COC(=O)[C@H](c1ccccc1Cl)N1CCc2sccc2C1.O=S(=O)([O-])[O-].O=S(=O)([O-])[O-].[Na+]. The molecule has 0 aliphatic carbocycles. The van der Waals surface area contributed by atoms with Crippen LogP contribution < -0.4 is 29.6 Å². The molecule has 0 saturated carbocycles. The zero-order chi connectivity index (χ0) is 23.8. The van der Waals surface area contributed by atoms with Gasteiger partial charge in [-0.1, -0.05) is 29.8 Å². The molecule has 2 aromatic rings. The molecule has 1 aliphatic rings. The van der Waals surface area contributed by atoms with Crippen molar-refractivity contribution < 1.29 is 74.1 Å². The van der Waals surface area contributed by atoms with Crippen molar-refractivity contribution in [3.8, 4) is 0 Å². The summed E-state index contributed by atoms with van der Waals surface area (Å²) in [5, 5.41) is 2.71. The third kappa shape index (κ3) is 12.6. The van der Waals surface area contributed by atoms with Crippen molar-refractivity contribution in [2.75, 3.05) is 13.7 Å². The number of thiophene rings is 1. The first-order valence-corrected chi connectivity index (χ1v) is 12.1. The topological polar surface area (TPSA) is 190 Å². The van der Waals surface area contributed by atoms with Gasteiger partial charge >= 0.3 is 35.5 Å². The molecule has 0 saturated heterocycles. The van der Waals surface area contributed by atoms with E-state index in [0.717, 1.165) is 25.1 Å². The van der Waals surface area contributed by atoms with Crippen molar-refractivity contribution in [1.29, 1.82) is 0 Å². The van der Waals surface area contributed by atoms with Gasteiger partial charge in [0.25, 0.3) is 0 Å². The van der Waals surface area contributed by atoms with Crippen LogP contribution in [0.2, 0.25) is 5.02 Å². The van der Waals surface area contributed by atoms with Crippen LogP contribution in [0.3, 0.4) is 0 Å². The van der Waals surface area contributed by atoms with Gasteiger partial charge in [-0.3, -0.25) is 21.7 Å². The number of nitrogens with zero attached hydrogens (tertiary/aromatic N) is 1. The molecular weight excluding hydrogens is 521 g/mol. The van der Waals surface area contributed by atoms with Crippen LogP contribution in [0.1, 0.15) is 22.0 Å². The predicted molar refractivity (Wildman–Crippen MR) is 106 cm³/mol. The number of fused-ring (bicyclic) bond motifs is 1. The van der Waals surface area contributed by atoms with E-state index < -0.39 is 26.8 Å². The Kier molecular flexibility index (Phi) is 13.7. The number of carbonyl (C=O) groups is 1. The molecule has 1 aromatic heterocycles. The zero-order valence-corrected chi connectivity index (χ0v) is 22.0. The Bertz CT molecular complexity index is 1040. The van der Waals surface area contributed by atoms with Gasteiger partial charge in [0, 0.05) is 43.8 Å². The molecule has 1 aliphatic heterocycles. The second-order valence-electron chi connectivity index (χ2n) is 5.85. The van der Waals surface area contributed by atoms with Crippen LogP contribution >= 0.6 is 22.9 Å². The van der Waals surface area contributed by atoms with Crippen molar-refractivity contribution in [2.45, 2.75) is 19.0 Å². The maximum atomic E-state index is 12.3. The van der Waals surface area contributed by atoms with Crippen LogP contribution in [0.5, 0.6) is 0 Å². The van der Waals surface area contributed by atoms with Crippen LogP contribution in [0.4, 0.5) is 0 Å². The summed E-state index contributed by atoms with van der Waals surface area (Å²) < 4.78 is 73.2. The Morgan fingerprint density at radius 1 is 1.09 bits per heavy atom. The monoisotopic (exact) mass is 536 g/mol. The Morgan fingerprint density at radius 2 is 1.62 bits per heavy atom. The maximum absolute atomic E-state index is 12.3. The molecule has 1 atom stereocenters. The van der Waals surface area contributed by atoms with E-state index in [1.165, 1.54) is 17.6 Å². The summed E-state index contributed by atoms with van der Waals surface area (Å²) in [6.45, 7) is 1.59. The quantitative estimate of drug-likeness (QED) is 0.182. The number of hydrogen-bond donors (Lipinski definition) is 0. The molecule has 2 heterocycles. The molecule has 11 nitrogen and oxygen atoms in total. The minimum atomic E-state index is -5.17. The van der Waals surface area contributed by atoms with E-state index in [-0.39, 0.29) is 35.5 Å². The van der Waals surface area contributed by atoms with Gasteiger partial charge in [-0.2, -0.15) is 0 Å². The second-order valence-corrected chi connectivity index (χ2v) is 8.89. The van der Waals surface area contributed by atoms with E-state index in [1.54, 1.807) is 11.3 Å². The fourth-order valence-corrected chi connectivity index (χ4v) is 3.90. The second kappa shape index (κ2) is 13.9. The predicted octanol–water partition coefficient (Wildman–Crippen LogP) is -2.00. The number of methoxy groups -OCH3 is 1. The number of esters is 1. The minimum absolute atomic E-state index is 0. The largest absolute Gasteiger partial charge is 1.00 e. The number of hydrogen-bond acceptors (Lipinski definition) is 12. The molecular formula is C16H16ClNNaO10S3-3. The van der Waals surface area contributed by atoms with Crippen molar-refractivity contribution in [1.82, 2.24) is 4.90 Å². The van der Waals surface area contributed by atoms with Gasteiger partial charge in [0.05, 0.1) is 7.11 Å². The molecule has 174 valence electrons. The summed E-state index contributed by atoms with van der Waals surface area (Å²) in [6, 6.07) is 9.16. The molecule has 0 spiro atoms. The number of halogens is 1. The molecule has 0 fully saturated rings. The van der Waals surface area contributed by atoms with E-state index in [9.17, 15) is 4.79 Å². The first-order valence-electron chi connectivity index (χ1n) is 8.15. The summed E-state index contributed by atoms with van der Waals surface area (Å²) in [5.41, 5.74) is 2.11. The summed E-state index contributed by atoms with van der Waals surface area (Å²) >= 11 is 8.07. The molecule has 3 rings (SSSR count). The molecule has 0 unspecified atom stereocenters. The molecule has 0 bridgehead atoms. The maximum Gasteiger partial charge on any atom is 1.00 e. The van der Waals surface area contributed by atoms with Crippen LogP contribution in [0, 0.1) is 0 Å². The van der Waals surface area contributed by atoms with E-state index in [4.69, 9.17) is 51.4 Å². The molecule has 0 radical (unpaired) electrons. The molecule has 1 aromatic carbocycles.